The lowest BCUT2D eigenvalue weighted by atomic mass is 10.1. The number of nitrogens with one attached hydrogen (secondary N) is 1. The van der Waals surface area contributed by atoms with Crippen molar-refractivity contribution in [2.24, 2.45) is 5.92 Å². The van der Waals surface area contributed by atoms with Gasteiger partial charge in [0.1, 0.15) is 0 Å². The fraction of sp³-hybridized carbons (Fsp3) is 0.500. The van der Waals surface area contributed by atoms with Crippen LogP contribution in [0.2, 0.25) is 0 Å². The molecule has 2 unspecified atom stereocenters. The van der Waals surface area contributed by atoms with Crippen LogP contribution in [0.3, 0.4) is 0 Å². The van der Waals surface area contributed by atoms with Crippen LogP contribution in [-0.4, -0.2) is 31.9 Å². The first kappa shape index (κ1) is 14.7. The summed E-state index contributed by atoms with van der Waals surface area (Å²) in [4.78, 5) is 0. The van der Waals surface area contributed by atoms with Crippen LogP contribution in [-0.2, 0) is 4.74 Å². The molecule has 1 aromatic carbocycles. The van der Waals surface area contributed by atoms with Gasteiger partial charge in [-0.25, -0.2) is 0 Å². The van der Waals surface area contributed by atoms with E-state index in [1.807, 2.05) is 0 Å². The second kappa shape index (κ2) is 7.83. The minimum absolute atomic E-state index is 0.420. The molecule has 0 aliphatic heterocycles. The van der Waals surface area contributed by atoms with Gasteiger partial charge in [0, 0.05) is 26.8 Å². The highest BCUT2D eigenvalue weighted by atomic mass is 16.5. The van der Waals surface area contributed by atoms with E-state index in [-0.39, 0.29) is 0 Å². The van der Waals surface area contributed by atoms with Crippen LogP contribution >= 0.6 is 0 Å². The minimum atomic E-state index is -0.549. The molecule has 0 amide bonds. The number of aliphatic hydroxyl groups is 1. The molecule has 0 saturated carbocycles. The number of benzene rings is 1. The van der Waals surface area contributed by atoms with Gasteiger partial charge in [0.2, 0.25) is 0 Å². The number of nitriles is 1. The van der Waals surface area contributed by atoms with Crippen molar-refractivity contribution in [2.45, 2.75) is 13.0 Å². The van der Waals surface area contributed by atoms with E-state index in [1.165, 1.54) is 0 Å². The molecule has 0 aliphatic carbocycles. The summed E-state index contributed by atoms with van der Waals surface area (Å²) in [7, 11) is 1.68. The Morgan fingerprint density at radius 2 is 2.00 bits per heavy atom. The second-order valence-electron chi connectivity index (χ2n) is 4.47. The smallest absolute Gasteiger partial charge is 0.0991 e. The predicted molar refractivity (Wildman–Crippen MR) is 70.0 cm³/mol. The summed E-state index contributed by atoms with van der Waals surface area (Å²) in [5.74, 6) is 0.420. The van der Waals surface area contributed by atoms with Crippen molar-refractivity contribution in [2.75, 3.05) is 26.8 Å². The van der Waals surface area contributed by atoms with Crippen LogP contribution in [0.15, 0.2) is 24.3 Å². The third-order valence-electron chi connectivity index (χ3n) is 2.71. The molecule has 18 heavy (non-hydrogen) atoms. The second-order valence-corrected chi connectivity index (χ2v) is 4.47. The zero-order valence-corrected chi connectivity index (χ0v) is 10.9. The van der Waals surface area contributed by atoms with Crippen LogP contribution in [0, 0.1) is 17.2 Å². The maximum Gasteiger partial charge on any atom is 0.0991 e. The summed E-state index contributed by atoms with van der Waals surface area (Å²) in [5, 5.41) is 21.8. The number of ether oxygens (including phenoxy) is 1. The Hall–Kier alpha value is -1.41. The topological polar surface area (TPSA) is 65.3 Å². The normalized spacial score (nSPS) is 13.9. The van der Waals surface area contributed by atoms with Gasteiger partial charge < -0.3 is 15.2 Å². The molecule has 0 fully saturated rings. The Morgan fingerprint density at radius 3 is 2.56 bits per heavy atom. The molecule has 2 N–H and O–H groups in total. The minimum Gasteiger partial charge on any atom is -0.387 e. The molecular weight excluding hydrogens is 228 g/mol. The number of aliphatic hydroxyl groups excluding tert-OH is 1. The standard InChI is InChI=1S/C14H20N2O2/c1-11(10-18-2)8-16-9-14(17)13-5-3-12(7-15)4-6-13/h3-6,11,14,16-17H,8-10H2,1-2H3. The maximum absolute atomic E-state index is 9.95. The molecule has 0 spiro atoms. The Morgan fingerprint density at radius 1 is 1.33 bits per heavy atom. The van der Waals surface area contributed by atoms with Gasteiger partial charge in [0.05, 0.1) is 17.7 Å². The lowest BCUT2D eigenvalue weighted by Gasteiger charge is -2.15. The first-order valence-corrected chi connectivity index (χ1v) is 6.05. The van der Waals surface area contributed by atoms with Crippen molar-refractivity contribution < 1.29 is 9.84 Å². The highest BCUT2D eigenvalue weighted by molar-refractivity contribution is 5.32. The summed E-state index contributed by atoms with van der Waals surface area (Å²) < 4.78 is 5.04. The van der Waals surface area contributed by atoms with Crippen molar-refractivity contribution in [3.05, 3.63) is 35.4 Å². The average molecular weight is 248 g/mol. The first-order valence-electron chi connectivity index (χ1n) is 6.05. The van der Waals surface area contributed by atoms with E-state index in [1.54, 1.807) is 31.4 Å². The van der Waals surface area contributed by atoms with Crippen molar-refractivity contribution in [3.63, 3.8) is 0 Å². The lowest BCUT2D eigenvalue weighted by molar-refractivity contribution is 0.147. The van der Waals surface area contributed by atoms with Gasteiger partial charge in [0.25, 0.3) is 0 Å². The van der Waals surface area contributed by atoms with E-state index in [0.717, 1.165) is 12.1 Å². The average Bonchev–Trinajstić information content (AvgIpc) is 2.39. The lowest BCUT2D eigenvalue weighted by Crippen LogP contribution is -2.28. The highest BCUT2D eigenvalue weighted by Gasteiger charge is 2.08. The maximum atomic E-state index is 9.95. The number of methoxy groups -OCH3 is 1. The molecule has 4 heteroatoms. The van der Waals surface area contributed by atoms with Gasteiger partial charge >= 0.3 is 0 Å². The van der Waals surface area contributed by atoms with Crippen molar-refractivity contribution >= 4 is 0 Å². The molecule has 0 aliphatic rings. The first-order chi connectivity index (χ1) is 8.67. The van der Waals surface area contributed by atoms with Crippen molar-refractivity contribution in [3.8, 4) is 6.07 Å². The Balaban J connectivity index is 2.36. The van der Waals surface area contributed by atoms with E-state index in [4.69, 9.17) is 10.00 Å². The van der Waals surface area contributed by atoms with Gasteiger partial charge in [0.15, 0.2) is 0 Å². The highest BCUT2D eigenvalue weighted by Crippen LogP contribution is 2.12. The van der Waals surface area contributed by atoms with Gasteiger partial charge in [-0.15, -0.1) is 0 Å². The molecule has 0 bridgehead atoms. The number of nitrogens with zero attached hydrogens (tertiary/aromatic N) is 1. The summed E-state index contributed by atoms with van der Waals surface area (Å²) in [6, 6.07) is 9.05. The number of hydrogen-bond donors (Lipinski definition) is 2. The van der Waals surface area contributed by atoms with E-state index in [9.17, 15) is 5.11 Å². The summed E-state index contributed by atoms with van der Waals surface area (Å²) in [6.07, 6.45) is -0.549. The summed E-state index contributed by atoms with van der Waals surface area (Å²) in [5.41, 5.74) is 1.42. The largest absolute Gasteiger partial charge is 0.387 e. The number of rotatable bonds is 7. The molecule has 0 aromatic heterocycles. The molecule has 2 atom stereocenters. The van der Waals surface area contributed by atoms with Crippen LogP contribution < -0.4 is 5.32 Å². The van der Waals surface area contributed by atoms with Crippen LogP contribution in [0.1, 0.15) is 24.2 Å². The molecule has 0 saturated heterocycles. The Bertz CT molecular complexity index is 384. The van der Waals surface area contributed by atoms with E-state index in [2.05, 4.69) is 18.3 Å². The monoisotopic (exact) mass is 248 g/mol. The van der Waals surface area contributed by atoms with E-state index < -0.39 is 6.10 Å². The van der Waals surface area contributed by atoms with Crippen LogP contribution in [0.25, 0.3) is 0 Å². The Labute approximate surface area is 108 Å². The predicted octanol–water partition coefficient (Wildman–Crippen LogP) is 1.46. The van der Waals surface area contributed by atoms with Crippen LogP contribution in [0.5, 0.6) is 0 Å². The quantitative estimate of drug-likeness (QED) is 0.767. The summed E-state index contributed by atoms with van der Waals surface area (Å²) >= 11 is 0. The van der Waals surface area contributed by atoms with Gasteiger partial charge in [-0.1, -0.05) is 19.1 Å². The number of hydrogen-bond acceptors (Lipinski definition) is 4. The van der Waals surface area contributed by atoms with Crippen molar-refractivity contribution in [1.82, 2.24) is 5.32 Å². The third kappa shape index (κ3) is 4.84. The zero-order chi connectivity index (χ0) is 13.4. The fourth-order valence-electron chi connectivity index (χ4n) is 1.71. The Kier molecular flexibility index (Phi) is 6.37. The molecule has 98 valence electrons. The summed E-state index contributed by atoms with van der Waals surface area (Å²) in [6.45, 7) is 4.10. The fourth-order valence-corrected chi connectivity index (χ4v) is 1.71. The third-order valence-corrected chi connectivity index (χ3v) is 2.71. The van der Waals surface area contributed by atoms with Gasteiger partial charge in [-0.3, -0.25) is 0 Å². The van der Waals surface area contributed by atoms with Gasteiger partial charge in [-0.05, 0) is 23.6 Å². The van der Waals surface area contributed by atoms with E-state index >= 15 is 0 Å². The SMILES string of the molecule is COCC(C)CNCC(O)c1ccc(C#N)cc1. The van der Waals surface area contributed by atoms with Crippen LogP contribution in [0.4, 0.5) is 0 Å². The molecule has 1 rings (SSSR count). The van der Waals surface area contributed by atoms with Crippen molar-refractivity contribution in [1.29, 1.82) is 5.26 Å². The molecule has 1 aromatic rings. The van der Waals surface area contributed by atoms with E-state index in [0.29, 0.717) is 24.6 Å². The molecule has 4 nitrogen and oxygen atoms in total. The molecular formula is C14H20N2O2. The van der Waals surface area contributed by atoms with Gasteiger partial charge in [-0.2, -0.15) is 5.26 Å². The molecule has 0 heterocycles. The molecule has 0 radical (unpaired) electrons. The zero-order valence-electron chi connectivity index (χ0n) is 10.9.